The Labute approximate surface area is 110 Å². The van der Waals surface area contributed by atoms with Crippen LogP contribution in [0.4, 0.5) is 5.69 Å². The van der Waals surface area contributed by atoms with Crippen molar-refractivity contribution in [2.24, 2.45) is 0 Å². The van der Waals surface area contributed by atoms with E-state index in [4.69, 9.17) is 4.74 Å². The van der Waals surface area contributed by atoms with Gasteiger partial charge in [0, 0.05) is 18.1 Å². The largest absolute Gasteiger partial charge is 0.494 e. The Kier molecular flexibility index (Phi) is 2.83. The highest BCUT2D eigenvalue weighted by atomic mass is 16.5. The van der Waals surface area contributed by atoms with Crippen LogP contribution in [0.15, 0.2) is 30.6 Å². The summed E-state index contributed by atoms with van der Waals surface area (Å²) >= 11 is 0. The molecule has 1 atom stereocenters. The lowest BCUT2D eigenvalue weighted by Crippen LogP contribution is -2.39. The first-order chi connectivity index (χ1) is 9.28. The Morgan fingerprint density at radius 2 is 2.26 bits per heavy atom. The molecule has 6 nitrogen and oxygen atoms in total. The van der Waals surface area contributed by atoms with Crippen molar-refractivity contribution in [3.63, 3.8) is 0 Å². The number of amides is 1. The minimum Gasteiger partial charge on any atom is -0.494 e. The number of rotatable bonds is 3. The molecule has 3 rings (SSSR count). The van der Waals surface area contributed by atoms with Crippen LogP contribution in [0, 0.1) is 0 Å². The first-order valence-corrected chi connectivity index (χ1v) is 6.11. The number of fused-ring (bicyclic) bond motifs is 1. The topological polar surface area (TPSA) is 79.0 Å². The van der Waals surface area contributed by atoms with E-state index in [9.17, 15) is 4.79 Å². The number of benzene rings is 1. The lowest BCUT2D eigenvalue weighted by Gasteiger charge is -2.26. The number of nitrogens with zero attached hydrogens (tertiary/aromatic N) is 1. The number of hydrogen-bond donors (Lipinski definition) is 3. The fraction of sp³-hybridized carbons (Fsp3) is 0.231. The van der Waals surface area contributed by atoms with Gasteiger partial charge in [-0.3, -0.25) is 4.79 Å². The summed E-state index contributed by atoms with van der Waals surface area (Å²) in [7, 11) is 0. The van der Waals surface area contributed by atoms with Gasteiger partial charge in [0.05, 0.1) is 12.2 Å². The number of carbonyl (C=O) groups is 1. The molecule has 1 amide bonds. The van der Waals surface area contributed by atoms with Crippen LogP contribution in [0.1, 0.15) is 29.3 Å². The molecule has 3 N–H and O–H groups in total. The van der Waals surface area contributed by atoms with Crippen LogP contribution in [-0.4, -0.2) is 22.5 Å². The van der Waals surface area contributed by atoms with E-state index in [2.05, 4.69) is 20.6 Å². The van der Waals surface area contributed by atoms with Gasteiger partial charge in [-0.2, -0.15) is 0 Å². The van der Waals surface area contributed by atoms with Crippen LogP contribution in [-0.2, 0) is 0 Å². The second-order valence-electron chi connectivity index (χ2n) is 4.17. The van der Waals surface area contributed by atoms with E-state index in [0.717, 1.165) is 5.69 Å². The van der Waals surface area contributed by atoms with Crippen LogP contribution in [0.5, 0.6) is 5.75 Å². The molecule has 0 unspecified atom stereocenters. The van der Waals surface area contributed by atoms with Gasteiger partial charge in [0.1, 0.15) is 11.6 Å². The second-order valence-corrected chi connectivity index (χ2v) is 4.17. The quantitative estimate of drug-likeness (QED) is 0.782. The third kappa shape index (κ3) is 2.12. The molecular weight excluding hydrogens is 244 g/mol. The monoisotopic (exact) mass is 258 g/mol. The van der Waals surface area contributed by atoms with Crippen molar-refractivity contribution in [1.29, 1.82) is 0 Å². The predicted molar refractivity (Wildman–Crippen MR) is 70.0 cm³/mol. The van der Waals surface area contributed by atoms with Crippen molar-refractivity contribution in [3.8, 4) is 5.75 Å². The summed E-state index contributed by atoms with van der Waals surface area (Å²) < 4.78 is 5.39. The number of aromatic amines is 1. The summed E-state index contributed by atoms with van der Waals surface area (Å²) in [6, 6.07) is 5.42. The number of nitrogens with one attached hydrogen (secondary N) is 3. The summed E-state index contributed by atoms with van der Waals surface area (Å²) in [5.74, 6) is 1.22. The molecule has 0 fully saturated rings. The Bertz CT molecular complexity index is 595. The van der Waals surface area contributed by atoms with Gasteiger partial charge in [-0.25, -0.2) is 4.98 Å². The third-order valence-electron chi connectivity index (χ3n) is 2.91. The van der Waals surface area contributed by atoms with Gasteiger partial charge in [-0.1, -0.05) is 0 Å². The summed E-state index contributed by atoms with van der Waals surface area (Å²) in [5.41, 5.74) is 1.35. The van der Waals surface area contributed by atoms with Gasteiger partial charge >= 0.3 is 0 Å². The zero-order valence-electron chi connectivity index (χ0n) is 10.4. The first kappa shape index (κ1) is 11.6. The number of imidazole rings is 1. The zero-order chi connectivity index (χ0) is 13.2. The number of ether oxygens (including phenoxy) is 1. The molecule has 0 saturated carbocycles. The molecule has 0 bridgehead atoms. The average Bonchev–Trinajstić information content (AvgIpc) is 2.93. The van der Waals surface area contributed by atoms with E-state index >= 15 is 0 Å². The van der Waals surface area contributed by atoms with Crippen LogP contribution in [0.25, 0.3) is 0 Å². The molecule has 1 aliphatic rings. The van der Waals surface area contributed by atoms with Crippen molar-refractivity contribution < 1.29 is 9.53 Å². The molecule has 0 aliphatic carbocycles. The highest BCUT2D eigenvalue weighted by Gasteiger charge is 2.26. The van der Waals surface area contributed by atoms with Gasteiger partial charge in [0.25, 0.3) is 5.91 Å². The van der Waals surface area contributed by atoms with Crippen molar-refractivity contribution in [3.05, 3.63) is 42.0 Å². The number of carbonyl (C=O) groups excluding carboxylic acids is 1. The van der Waals surface area contributed by atoms with Gasteiger partial charge in [0.2, 0.25) is 0 Å². The Morgan fingerprint density at radius 3 is 3.00 bits per heavy atom. The average molecular weight is 258 g/mol. The van der Waals surface area contributed by atoms with Crippen LogP contribution < -0.4 is 15.4 Å². The normalized spacial score (nSPS) is 17.3. The molecule has 0 saturated heterocycles. The molecule has 0 spiro atoms. The van der Waals surface area contributed by atoms with Crippen molar-refractivity contribution in [1.82, 2.24) is 15.3 Å². The maximum atomic E-state index is 12.1. The van der Waals surface area contributed by atoms with E-state index in [1.54, 1.807) is 18.5 Å². The maximum absolute atomic E-state index is 12.1. The minimum absolute atomic E-state index is 0.142. The summed E-state index contributed by atoms with van der Waals surface area (Å²) in [5, 5.41) is 6.06. The number of H-pyrrole nitrogens is 1. The van der Waals surface area contributed by atoms with Crippen LogP contribution in [0.3, 0.4) is 0 Å². The SMILES string of the molecule is CCOc1ccc2c(c1)C(=O)N[C@@H](c1ncc[nH]1)N2. The second kappa shape index (κ2) is 4.64. The molecule has 1 aromatic carbocycles. The smallest absolute Gasteiger partial charge is 0.255 e. The van der Waals surface area contributed by atoms with Crippen LogP contribution >= 0.6 is 0 Å². The Hall–Kier alpha value is -2.50. The van der Waals surface area contributed by atoms with Crippen molar-refractivity contribution in [2.75, 3.05) is 11.9 Å². The van der Waals surface area contributed by atoms with Gasteiger partial charge < -0.3 is 20.4 Å². The Morgan fingerprint density at radius 1 is 1.37 bits per heavy atom. The minimum atomic E-state index is -0.340. The molecule has 19 heavy (non-hydrogen) atoms. The highest BCUT2D eigenvalue weighted by molar-refractivity contribution is 6.02. The van der Waals surface area contributed by atoms with E-state index < -0.39 is 0 Å². The summed E-state index contributed by atoms with van der Waals surface area (Å²) in [4.78, 5) is 19.2. The fourth-order valence-electron chi connectivity index (χ4n) is 2.07. The molecular formula is C13H14N4O2. The lowest BCUT2D eigenvalue weighted by molar-refractivity contribution is 0.0933. The molecule has 2 heterocycles. The zero-order valence-corrected chi connectivity index (χ0v) is 10.4. The van der Waals surface area contributed by atoms with Crippen molar-refractivity contribution >= 4 is 11.6 Å². The van der Waals surface area contributed by atoms with E-state index in [0.29, 0.717) is 23.7 Å². The molecule has 1 aromatic heterocycles. The van der Waals surface area contributed by atoms with Crippen molar-refractivity contribution in [2.45, 2.75) is 13.1 Å². The molecule has 6 heteroatoms. The maximum Gasteiger partial charge on any atom is 0.255 e. The standard InChI is InChI=1S/C13H14N4O2/c1-2-19-8-3-4-10-9(7-8)13(18)17-12(16-10)11-14-5-6-15-11/h3-7,12,16H,2H2,1H3,(H,14,15)(H,17,18)/t12-/m0/s1. The van der Waals surface area contributed by atoms with Gasteiger partial charge in [0.15, 0.2) is 6.17 Å². The van der Waals surface area contributed by atoms with E-state index in [-0.39, 0.29) is 12.1 Å². The lowest BCUT2D eigenvalue weighted by atomic mass is 10.1. The number of anilines is 1. The summed E-state index contributed by atoms with van der Waals surface area (Å²) in [6.07, 6.45) is 3.03. The third-order valence-corrected chi connectivity index (χ3v) is 2.91. The van der Waals surface area contributed by atoms with Crippen LogP contribution in [0.2, 0.25) is 0 Å². The highest BCUT2D eigenvalue weighted by Crippen LogP contribution is 2.28. The summed E-state index contributed by atoms with van der Waals surface area (Å²) in [6.45, 7) is 2.48. The fourth-order valence-corrected chi connectivity index (χ4v) is 2.07. The number of aromatic nitrogens is 2. The van der Waals surface area contributed by atoms with Gasteiger partial charge in [-0.05, 0) is 25.1 Å². The number of hydrogen-bond acceptors (Lipinski definition) is 4. The molecule has 1 aliphatic heterocycles. The molecule has 98 valence electrons. The Balaban J connectivity index is 1.91. The van der Waals surface area contributed by atoms with Gasteiger partial charge in [-0.15, -0.1) is 0 Å². The van der Waals surface area contributed by atoms with E-state index in [1.165, 1.54) is 0 Å². The predicted octanol–water partition coefficient (Wildman–Crippen LogP) is 1.66. The molecule has 0 radical (unpaired) electrons. The van der Waals surface area contributed by atoms with E-state index in [1.807, 2.05) is 19.1 Å². The first-order valence-electron chi connectivity index (χ1n) is 6.11. The molecule has 2 aromatic rings.